The van der Waals surface area contributed by atoms with E-state index in [0.717, 1.165) is 6.54 Å². The average Bonchev–Trinajstić information content (AvgIpc) is 2.01. The fourth-order valence-electron chi connectivity index (χ4n) is 1.47. The molecular formula is C11H26N2O. The van der Waals surface area contributed by atoms with E-state index in [1.54, 1.807) is 0 Å². The zero-order valence-electron chi connectivity index (χ0n) is 10.3. The Labute approximate surface area is 88.5 Å². The maximum atomic E-state index is 9.97. The summed E-state index contributed by atoms with van der Waals surface area (Å²) in [7, 11) is 3.95. The van der Waals surface area contributed by atoms with Crippen LogP contribution in [0.3, 0.4) is 0 Å². The minimum absolute atomic E-state index is 0.628. The molecule has 0 aromatic rings. The lowest BCUT2D eigenvalue weighted by atomic mass is 10.1. The Morgan fingerprint density at radius 3 is 2.43 bits per heavy atom. The monoisotopic (exact) mass is 202 g/mol. The van der Waals surface area contributed by atoms with Gasteiger partial charge in [-0.25, -0.2) is 0 Å². The molecule has 0 radical (unpaired) electrons. The van der Waals surface area contributed by atoms with Gasteiger partial charge in [-0.2, -0.15) is 0 Å². The highest BCUT2D eigenvalue weighted by atomic mass is 16.3. The maximum absolute atomic E-state index is 9.97. The smallest absolute Gasteiger partial charge is 0.0869 e. The van der Waals surface area contributed by atoms with Crippen LogP contribution in [0.25, 0.3) is 0 Å². The lowest BCUT2D eigenvalue weighted by Gasteiger charge is -2.27. The van der Waals surface area contributed by atoms with Crippen molar-refractivity contribution in [1.82, 2.24) is 10.2 Å². The molecule has 2 atom stereocenters. The van der Waals surface area contributed by atoms with Crippen molar-refractivity contribution in [2.75, 3.05) is 33.7 Å². The van der Waals surface area contributed by atoms with Gasteiger partial charge >= 0.3 is 0 Å². The van der Waals surface area contributed by atoms with Gasteiger partial charge in [0, 0.05) is 13.1 Å². The Balaban J connectivity index is 3.65. The molecule has 3 nitrogen and oxygen atoms in total. The van der Waals surface area contributed by atoms with E-state index in [2.05, 4.69) is 19.2 Å². The van der Waals surface area contributed by atoms with E-state index in [9.17, 15) is 5.11 Å². The van der Waals surface area contributed by atoms with Crippen molar-refractivity contribution in [3.63, 3.8) is 0 Å². The summed E-state index contributed by atoms with van der Waals surface area (Å²) in [5.74, 6) is 0.685. The van der Waals surface area contributed by atoms with E-state index in [1.807, 2.05) is 25.9 Å². The number of rotatable bonds is 7. The van der Waals surface area contributed by atoms with E-state index in [4.69, 9.17) is 0 Å². The van der Waals surface area contributed by atoms with Gasteiger partial charge in [-0.15, -0.1) is 0 Å². The molecular weight excluding hydrogens is 176 g/mol. The van der Waals surface area contributed by atoms with Crippen LogP contribution in [-0.4, -0.2) is 49.3 Å². The van der Waals surface area contributed by atoms with Crippen molar-refractivity contribution in [3.05, 3.63) is 0 Å². The molecule has 3 heteroatoms. The van der Waals surface area contributed by atoms with Crippen molar-refractivity contribution >= 4 is 0 Å². The normalized spacial score (nSPS) is 18.2. The number of nitrogens with zero attached hydrogens (tertiary/aromatic N) is 1. The second kappa shape index (κ2) is 6.38. The number of hydrogen-bond donors (Lipinski definition) is 2. The van der Waals surface area contributed by atoms with Gasteiger partial charge in [0.15, 0.2) is 0 Å². The highest BCUT2D eigenvalue weighted by molar-refractivity contribution is 4.78. The van der Waals surface area contributed by atoms with Crippen LogP contribution in [0.5, 0.6) is 0 Å². The molecule has 0 aromatic carbocycles. The lowest BCUT2D eigenvalue weighted by molar-refractivity contribution is 0.0332. The third-order valence-corrected chi connectivity index (χ3v) is 2.35. The Hall–Kier alpha value is -0.120. The Bertz CT molecular complexity index is 146. The van der Waals surface area contributed by atoms with E-state index in [1.165, 1.54) is 6.42 Å². The molecule has 0 amide bonds. The summed E-state index contributed by atoms with van der Waals surface area (Å²) in [5, 5.41) is 13.3. The molecule has 86 valence electrons. The first kappa shape index (κ1) is 13.9. The molecule has 0 aliphatic rings. The molecule has 0 aliphatic heterocycles. The first-order chi connectivity index (χ1) is 6.37. The van der Waals surface area contributed by atoms with E-state index in [-0.39, 0.29) is 0 Å². The minimum atomic E-state index is -0.628. The Morgan fingerprint density at radius 1 is 1.43 bits per heavy atom. The van der Waals surface area contributed by atoms with Crippen LogP contribution in [0.1, 0.15) is 27.2 Å². The summed E-state index contributed by atoms with van der Waals surface area (Å²) in [5.41, 5.74) is -0.628. The van der Waals surface area contributed by atoms with E-state index in [0.29, 0.717) is 19.0 Å². The average molecular weight is 202 g/mol. The van der Waals surface area contributed by atoms with Crippen LogP contribution in [0.15, 0.2) is 0 Å². The SMILES string of the molecule is CCC(C)CNCC(C)(O)CN(C)C. The van der Waals surface area contributed by atoms with Crippen LogP contribution in [0.4, 0.5) is 0 Å². The quantitative estimate of drug-likeness (QED) is 0.645. The molecule has 2 N–H and O–H groups in total. The maximum Gasteiger partial charge on any atom is 0.0869 e. The summed E-state index contributed by atoms with van der Waals surface area (Å²) in [4.78, 5) is 2.00. The molecule has 0 heterocycles. The zero-order chi connectivity index (χ0) is 11.2. The second-order valence-corrected chi connectivity index (χ2v) is 4.88. The molecule has 0 aliphatic carbocycles. The van der Waals surface area contributed by atoms with Crippen molar-refractivity contribution in [2.45, 2.75) is 32.8 Å². The summed E-state index contributed by atoms with van der Waals surface area (Å²) < 4.78 is 0. The minimum Gasteiger partial charge on any atom is -0.388 e. The largest absolute Gasteiger partial charge is 0.388 e. The zero-order valence-corrected chi connectivity index (χ0v) is 10.3. The second-order valence-electron chi connectivity index (χ2n) is 4.88. The first-order valence-electron chi connectivity index (χ1n) is 5.45. The number of likely N-dealkylation sites (N-methyl/N-ethyl adjacent to an activating group) is 1. The van der Waals surface area contributed by atoms with Crippen LogP contribution in [-0.2, 0) is 0 Å². The van der Waals surface area contributed by atoms with Crippen molar-refractivity contribution in [3.8, 4) is 0 Å². The van der Waals surface area contributed by atoms with Crippen molar-refractivity contribution in [2.24, 2.45) is 5.92 Å². The highest BCUT2D eigenvalue weighted by Crippen LogP contribution is 2.03. The van der Waals surface area contributed by atoms with E-state index < -0.39 is 5.60 Å². The number of nitrogens with one attached hydrogen (secondary N) is 1. The van der Waals surface area contributed by atoms with Gasteiger partial charge in [0.2, 0.25) is 0 Å². The van der Waals surface area contributed by atoms with Crippen LogP contribution in [0, 0.1) is 5.92 Å². The highest BCUT2D eigenvalue weighted by Gasteiger charge is 2.20. The van der Waals surface area contributed by atoms with Gasteiger partial charge in [-0.1, -0.05) is 20.3 Å². The van der Waals surface area contributed by atoms with Gasteiger partial charge in [-0.05, 0) is 33.5 Å². The summed E-state index contributed by atoms with van der Waals surface area (Å²) >= 11 is 0. The van der Waals surface area contributed by atoms with Gasteiger partial charge in [0.1, 0.15) is 0 Å². The molecule has 14 heavy (non-hydrogen) atoms. The third-order valence-electron chi connectivity index (χ3n) is 2.35. The van der Waals surface area contributed by atoms with Crippen molar-refractivity contribution in [1.29, 1.82) is 0 Å². The summed E-state index contributed by atoms with van der Waals surface area (Å²) in [6.07, 6.45) is 1.18. The fourth-order valence-corrected chi connectivity index (χ4v) is 1.47. The van der Waals surface area contributed by atoms with Crippen LogP contribution < -0.4 is 5.32 Å². The number of hydrogen-bond acceptors (Lipinski definition) is 3. The van der Waals surface area contributed by atoms with Crippen LogP contribution in [0.2, 0.25) is 0 Å². The molecule has 0 saturated heterocycles. The van der Waals surface area contributed by atoms with Gasteiger partial charge in [0.05, 0.1) is 5.60 Å². The number of aliphatic hydroxyl groups is 1. The third kappa shape index (κ3) is 7.30. The van der Waals surface area contributed by atoms with Crippen molar-refractivity contribution < 1.29 is 5.11 Å². The lowest BCUT2D eigenvalue weighted by Crippen LogP contribution is -2.46. The molecule has 0 aromatic heterocycles. The van der Waals surface area contributed by atoms with Crippen LogP contribution >= 0.6 is 0 Å². The van der Waals surface area contributed by atoms with Gasteiger partial charge in [-0.3, -0.25) is 0 Å². The molecule has 0 rings (SSSR count). The predicted octanol–water partition coefficient (Wildman–Crippen LogP) is 0.935. The first-order valence-corrected chi connectivity index (χ1v) is 5.45. The summed E-state index contributed by atoms with van der Waals surface area (Å²) in [6.45, 7) is 8.62. The predicted molar refractivity (Wildman–Crippen MR) is 61.5 cm³/mol. The molecule has 0 saturated carbocycles. The Morgan fingerprint density at radius 2 is 2.00 bits per heavy atom. The molecule has 0 spiro atoms. The van der Waals surface area contributed by atoms with Gasteiger partial charge in [0.25, 0.3) is 0 Å². The molecule has 0 bridgehead atoms. The van der Waals surface area contributed by atoms with Gasteiger partial charge < -0.3 is 15.3 Å². The molecule has 0 fully saturated rings. The molecule has 2 unspecified atom stereocenters. The topological polar surface area (TPSA) is 35.5 Å². The standard InChI is InChI=1S/C11H26N2O/c1-6-10(2)7-12-8-11(3,14)9-13(4)5/h10,12,14H,6-9H2,1-5H3. The fraction of sp³-hybridized carbons (Fsp3) is 1.00. The summed E-state index contributed by atoms with van der Waals surface area (Å²) in [6, 6.07) is 0. The van der Waals surface area contributed by atoms with E-state index >= 15 is 0 Å². The Kier molecular flexibility index (Phi) is 6.33.